The number of H-pyrrole nitrogens is 1. The number of imidazole rings is 2. The fourth-order valence-corrected chi connectivity index (χ4v) is 27.0. The number of rotatable bonds is 20. The highest BCUT2D eigenvalue weighted by Gasteiger charge is 2.50. The smallest absolute Gasteiger partial charge is 0.340 e. The molecule has 1 unspecified atom stereocenters. The van der Waals surface area contributed by atoms with E-state index in [1.54, 1.807) is 17.1 Å². The molecule has 13 N–H and O–H groups in total. The fraction of sp³-hybridized carbons (Fsp3) is 0.657. The second kappa shape index (κ2) is 45.3. The molecule has 0 spiro atoms. The number of nitrogens with one attached hydrogen (secondary N) is 3. The maximum absolute atomic E-state index is 11.9. The van der Waals surface area contributed by atoms with Gasteiger partial charge in [-0.05, 0) is 143 Å². The van der Waals surface area contributed by atoms with Crippen LogP contribution in [0.2, 0.25) is 31.4 Å². The highest BCUT2D eigenvalue weighted by atomic mass is 35.9. The van der Waals surface area contributed by atoms with E-state index in [1.165, 1.54) is 81.1 Å². The molecule has 8 aromatic rings. The van der Waals surface area contributed by atoms with Crippen LogP contribution in [0.25, 0.3) is 44.4 Å². The van der Waals surface area contributed by atoms with Crippen LogP contribution in [0.3, 0.4) is 0 Å². The molecule has 0 bridgehead atoms. The number of hydrogen-bond acceptors (Lipinski definition) is 35. The fourth-order valence-electron chi connectivity index (χ4n) is 14.3. The van der Waals surface area contributed by atoms with E-state index in [-0.39, 0.29) is 68.0 Å². The van der Waals surface area contributed by atoms with Crippen molar-refractivity contribution in [1.29, 1.82) is 0 Å². The first-order chi connectivity index (χ1) is 57.8. The van der Waals surface area contributed by atoms with Crippen LogP contribution < -0.4 is 16.4 Å². The van der Waals surface area contributed by atoms with Crippen molar-refractivity contribution in [2.24, 2.45) is 17.6 Å². The monoisotopic (exact) mass is 2010 g/mol. The average Bonchev–Trinajstić information content (AvgIpc) is 1.62. The predicted molar refractivity (Wildman–Crippen MR) is 455 cm³/mol. The maximum atomic E-state index is 11.9. The van der Waals surface area contributed by atoms with Crippen LogP contribution in [0.15, 0.2) is 25.0 Å². The van der Waals surface area contributed by atoms with Crippen molar-refractivity contribution in [3.63, 3.8) is 0 Å². The SMILES string of the molecule is CC[C@H]1O[C@@H](OC(C)=O)[C@H](OC(C)=O)[C@@H]1C.CC[C@H]1O[C@@H](n2cnc3c(Cl)nc(Cl)nc32)[C@H](OC(C)=O)[C@@H]1C.Clc1nc(Cl)c2cn[nH]c2n1.NC1CCCC1.O=P(Cl)(Cl)CP(=O)(Cl)Cl.O=P(O)(O)CP(=O)(O)OC[C@H]1O[C@@H](n2ncc3c(NC4CCCC4)nc(Cl)nc32)[C@H](O)[C@@H]1O.OC[C@H]1O[C@@H](n2cnc3c(NC4CCCC4)nc(Cl)nc32)[C@H](O)[C@@H]1O. The summed E-state index contributed by atoms with van der Waals surface area (Å²) in [5, 5.41) is 69.4. The minimum absolute atomic E-state index is 0.0198. The summed E-state index contributed by atoms with van der Waals surface area (Å²) in [5.74, 6) is -8.75. The highest BCUT2D eigenvalue weighted by Crippen LogP contribution is 2.72. The van der Waals surface area contributed by atoms with Gasteiger partial charge in [-0.2, -0.15) is 40.1 Å². The van der Waals surface area contributed by atoms with Crippen LogP contribution in [0.5, 0.6) is 0 Å². The Hall–Kier alpha value is -4.53. The summed E-state index contributed by atoms with van der Waals surface area (Å²) < 4.78 is 91.1. The largest absolute Gasteiger partial charge is 0.457 e. The van der Waals surface area contributed by atoms with Gasteiger partial charge in [0.2, 0.25) is 27.4 Å². The maximum Gasteiger partial charge on any atom is 0.340 e. The summed E-state index contributed by atoms with van der Waals surface area (Å²) in [5.41, 5.74) is 8.12. The van der Waals surface area contributed by atoms with Crippen molar-refractivity contribution in [3.05, 3.63) is 56.5 Å². The molecule has 7 fully saturated rings. The van der Waals surface area contributed by atoms with Crippen molar-refractivity contribution in [2.45, 2.75) is 242 Å². The van der Waals surface area contributed by atoms with Crippen LogP contribution >= 0.6 is 141 Å². The first kappa shape index (κ1) is 102. The number of carbonyl (C=O) groups is 3. The molecule has 3 saturated carbocycles. The van der Waals surface area contributed by atoms with Gasteiger partial charge in [0.1, 0.15) is 59.0 Å². The summed E-state index contributed by atoms with van der Waals surface area (Å²) in [4.78, 5) is 102. The Kier molecular flexibility index (Phi) is 37.7. The van der Waals surface area contributed by atoms with E-state index in [2.05, 4.69) is 75.8 Å². The number of ether oxygens (including phenoxy) is 7. The van der Waals surface area contributed by atoms with E-state index in [1.807, 2.05) is 27.7 Å². The lowest BCUT2D eigenvalue weighted by Gasteiger charge is -2.21. The normalized spacial score (nSPS) is 26.5. The van der Waals surface area contributed by atoms with Gasteiger partial charge in [0, 0.05) is 50.7 Å². The van der Waals surface area contributed by atoms with Crippen molar-refractivity contribution in [2.75, 3.05) is 35.7 Å². The Balaban J connectivity index is 0.000000172. The van der Waals surface area contributed by atoms with Gasteiger partial charge in [-0.25, -0.2) is 24.6 Å². The zero-order valence-electron chi connectivity index (χ0n) is 66.6. The van der Waals surface area contributed by atoms with Gasteiger partial charge in [0.25, 0.3) is 11.7 Å². The number of halogens is 10. The molecule has 4 saturated heterocycles. The predicted octanol–water partition coefficient (Wildman–Crippen LogP) is 12.3. The van der Waals surface area contributed by atoms with E-state index in [9.17, 15) is 63.1 Å². The molecule has 56 heteroatoms. The molecule has 42 nitrogen and oxygen atoms in total. The molecule has 0 radical (unpaired) electrons. The third kappa shape index (κ3) is 28.7. The standard InChI is InChI=1S/C16H24ClN5O9P2.C15H20ClN5O4.C14H16Cl2N4O3.C11H18O5.C5H2Cl2N4.C5H11N.CH2Cl4O2P2/c17-16-20-13(19-8-3-1-2-4-8)9-5-18-22(14(9)21-16)15-12(24)11(23)10(31-15)6-30-33(28,29)7-32(25,26)27;16-15-19-12(18-7-3-1-2-4-7)9-13(20-15)21(6-17-9)14-11(24)10(23)8(5-22)25-14;1-4-8-6(2)10(22-7(3)21)13(23-8)20-5-17-9-11(15)18-14(16)19-12(9)20;1-5-9-6(2)10(14-7(3)12)11(16-9)15-8(4)13;6-3-2-1-8-11-4(2)10-5(7)9-3;6-5-3-1-2-4-5;2-8(3,6)1-9(4,5)7/h5,8,10-12,15,23-24H,1-4,6-7H2,(H,28,29)(H,19,20,21)(H2,25,26,27);6-8,10-11,14,22-24H,1-5H2,(H,18,19,20);5-6,8,10,13H,4H2,1-3H3;6,9-11H,5H2,1-4H3;1H,(H,8,9,10,11);5H,1-4,6H2;1H2/t10-,11-,12-,15-;8-,10-,11-,14-;6-,8-,10-,13-;6-,9-,10-,11-;;;/m1111.../s1. The Morgan fingerprint density at radius 1 is 0.545 bits per heavy atom. The van der Waals surface area contributed by atoms with Crippen molar-refractivity contribution >= 4 is 215 Å². The van der Waals surface area contributed by atoms with Gasteiger partial charge in [-0.1, -0.05) is 89.4 Å². The van der Waals surface area contributed by atoms with Gasteiger partial charge < -0.3 is 94.3 Å². The van der Waals surface area contributed by atoms with E-state index in [0.29, 0.717) is 67.6 Å². The van der Waals surface area contributed by atoms with Crippen LogP contribution in [-0.2, 0) is 70.3 Å². The highest BCUT2D eigenvalue weighted by molar-refractivity contribution is 8.21. The number of anilines is 2. The van der Waals surface area contributed by atoms with Gasteiger partial charge in [-0.3, -0.25) is 46.9 Å². The lowest BCUT2D eigenvalue weighted by Crippen LogP contribution is -2.33. The van der Waals surface area contributed by atoms with Crippen LogP contribution in [0, 0.1) is 11.8 Å². The lowest BCUT2D eigenvalue weighted by molar-refractivity contribution is -0.194. The number of aromatic nitrogens is 16. The third-order valence-electron chi connectivity index (χ3n) is 20.0. The number of hydrogen-bond donors (Lipinski definition) is 12. The zero-order valence-corrected chi connectivity index (χ0v) is 77.7. The minimum Gasteiger partial charge on any atom is -0.457 e. The molecule has 12 heterocycles. The van der Waals surface area contributed by atoms with Gasteiger partial charge in [-0.15, -0.1) is 0 Å². The number of fused-ring (bicyclic) bond motifs is 4. The summed E-state index contributed by atoms with van der Waals surface area (Å²) >= 11 is 55.3. The van der Waals surface area contributed by atoms with Crippen molar-refractivity contribution in [3.8, 4) is 0 Å². The number of aliphatic hydroxyl groups is 5. The summed E-state index contributed by atoms with van der Waals surface area (Å²) in [7, 11) is -9.48. The number of nitrogens with zero attached hydrogens (tertiary/aromatic N) is 15. The van der Waals surface area contributed by atoms with Gasteiger partial charge in [0.15, 0.2) is 75.9 Å². The molecule has 0 aromatic carbocycles. The first-order valence-corrected chi connectivity index (χ1v) is 51.6. The third-order valence-corrected chi connectivity index (χ3v) is 31.2. The molecule has 4 aliphatic heterocycles. The van der Waals surface area contributed by atoms with E-state index in [4.69, 9.17) is 168 Å². The number of aliphatic hydroxyl groups excluding tert-OH is 5. The molecule has 123 heavy (non-hydrogen) atoms. The summed E-state index contributed by atoms with van der Waals surface area (Å²) in [6, 6.07) is 1.11. The first-order valence-electron chi connectivity index (χ1n) is 38.4. The van der Waals surface area contributed by atoms with E-state index < -0.39 is 138 Å². The molecular formula is C67H93Cl10N19O23P4. The quantitative estimate of drug-likeness (QED) is 0.0111. The number of aromatic amines is 1. The molecule has 684 valence electrons. The molecule has 8 aromatic heterocycles. The van der Waals surface area contributed by atoms with Crippen LogP contribution in [0.1, 0.15) is 157 Å². The van der Waals surface area contributed by atoms with Gasteiger partial charge >= 0.3 is 33.1 Å². The van der Waals surface area contributed by atoms with Crippen molar-refractivity contribution in [1.82, 2.24) is 79.0 Å². The molecular weight excluding hydrogens is 1920 g/mol. The average molecular weight is 2010 g/mol. The molecule has 0 amide bonds. The Labute approximate surface area is 751 Å². The van der Waals surface area contributed by atoms with Gasteiger partial charge in [0.05, 0.1) is 61.2 Å². The number of carbonyl (C=O) groups excluding carboxylic acids is 3. The minimum atomic E-state index is -4.81. The lowest BCUT2D eigenvalue weighted by atomic mass is 9.98. The van der Waals surface area contributed by atoms with E-state index in [0.717, 1.165) is 51.4 Å². The van der Waals surface area contributed by atoms with Crippen LogP contribution in [0.4, 0.5) is 11.6 Å². The summed E-state index contributed by atoms with van der Waals surface area (Å²) in [6.45, 7) is 10.8. The Morgan fingerprint density at radius 2 is 1.01 bits per heavy atom. The van der Waals surface area contributed by atoms with E-state index >= 15 is 0 Å². The van der Waals surface area contributed by atoms with Crippen LogP contribution in [-0.4, -0.2) is 248 Å². The number of nitrogens with two attached hydrogens (primary N) is 1. The second-order valence-corrected chi connectivity index (χ2v) is 46.4. The molecule has 15 rings (SSSR count). The second-order valence-electron chi connectivity index (χ2n) is 29.3. The Morgan fingerprint density at radius 3 is 1.54 bits per heavy atom. The van der Waals surface area contributed by atoms with Crippen molar-refractivity contribution < 1.29 is 111 Å². The molecule has 3 aliphatic carbocycles. The number of esters is 3. The zero-order chi connectivity index (χ0) is 90.5. The molecule has 7 aliphatic rings. The molecule has 17 atom stereocenters. The summed E-state index contributed by atoms with van der Waals surface area (Å²) in [6.07, 6.45) is 9.46. The Bertz CT molecular complexity index is 5090. The topological polar surface area (TPSA) is 591 Å².